The summed E-state index contributed by atoms with van der Waals surface area (Å²) >= 11 is 0. The largest absolute Gasteiger partial charge is 0.432 e. The van der Waals surface area contributed by atoms with Crippen LogP contribution in [0, 0.1) is 46.7 Å². The molecule has 1 aliphatic heterocycles. The van der Waals surface area contributed by atoms with Gasteiger partial charge in [0.25, 0.3) is 0 Å². The highest BCUT2D eigenvalue weighted by Crippen LogP contribution is 2.43. The second-order valence-electron chi connectivity index (χ2n) is 12.7. The van der Waals surface area contributed by atoms with Gasteiger partial charge in [0, 0.05) is 11.8 Å². The highest BCUT2D eigenvalue weighted by molar-refractivity contribution is 5.65. The lowest BCUT2D eigenvalue weighted by molar-refractivity contribution is -0.251. The van der Waals surface area contributed by atoms with E-state index in [0.717, 1.165) is 19.1 Å². The summed E-state index contributed by atoms with van der Waals surface area (Å²) in [5, 5.41) is 8.91. The van der Waals surface area contributed by atoms with Crippen molar-refractivity contribution in [3.63, 3.8) is 0 Å². The lowest BCUT2D eigenvalue weighted by Gasteiger charge is -2.41. The van der Waals surface area contributed by atoms with E-state index in [0.29, 0.717) is 48.6 Å². The van der Waals surface area contributed by atoms with Crippen LogP contribution in [0.15, 0.2) is 42.5 Å². The molecule has 42 heavy (non-hydrogen) atoms. The zero-order valence-corrected chi connectivity index (χ0v) is 24.7. The van der Waals surface area contributed by atoms with Crippen molar-refractivity contribution >= 4 is 0 Å². The molecule has 0 spiro atoms. The molecular weight excluding hydrogens is 539 g/mol. The number of nitriles is 1. The standard InChI is InChI=1S/C35H44F3NO3/c1-2-3-4-5-24-6-8-26(9-7-24)30-22-40-34(41-23-30)27-12-16-31(17-13-27)35(37,38)42-32-18-14-25(15-19-32)28-10-11-29(21-39)33(36)20-28/h10-11,14-15,18-20,24,26-27,30-31,34H,2-9,12-13,16-17,22-23H2,1H3. The topological polar surface area (TPSA) is 51.5 Å². The summed E-state index contributed by atoms with van der Waals surface area (Å²) < 4.78 is 61.8. The Morgan fingerprint density at radius 3 is 2.10 bits per heavy atom. The third kappa shape index (κ3) is 7.68. The number of unbranched alkanes of at least 4 members (excludes halogenated alkanes) is 2. The SMILES string of the molecule is CCCCCC1CCC(C2COC(C3CCC(C(F)(F)Oc4ccc(-c5ccc(C#N)c(F)c5)cc4)CC3)OC2)CC1. The van der Waals surface area contributed by atoms with Crippen LogP contribution in [-0.4, -0.2) is 25.6 Å². The summed E-state index contributed by atoms with van der Waals surface area (Å²) in [6, 6.07) is 12.3. The number of benzene rings is 2. The molecule has 0 unspecified atom stereocenters. The van der Waals surface area contributed by atoms with Gasteiger partial charge in [-0.3, -0.25) is 0 Å². The minimum atomic E-state index is -3.29. The summed E-state index contributed by atoms with van der Waals surface area (Å²) in [6.45, 7) is 3.71. The third-order valence-corrected chi connectivity index (χ3v) is 9.89. The van der Waals surface area contributed by atoms with E-state index in [9.17, 15) is 4.39 Å². The Morgan fingerprint density at radius 1 is 0.833 bits per heavy atom. The molecule has 0 aromatic heterocycles. The average Bonchev–Trinajstić information content (AvgIpc) is 3.02. The Hall–Kier alpha value is -2.56. The first kappa shape index (κ1) is 30.9. The minimum absolute atomic E-state index is 0.0376. The second-order valence-corrected chi connectivity index (χ2v) is 12.7. The van der Waals surface area contributed by atoms with E-state index in [2.05, 4.69) is 6.92 Å². The molecule has 0 amide bonds. The van der Waals surface area contributed by atoms with Gasteiger partial charge in [-0.05, 0) is 85.8 Å². The Balaban J connectivity index is 1.05. The number of alkyl halides is 2. The molecule has 7 heteroatoms. The van der Waals surface area contributed by atoms with E-state index in [4.69, 9.17) is 19.5 Å². The van der Waals surface area contributed by atoms with Crippen molar-refractivity contribution in [3.05, 3.63) is 53.8 Å². The number of halogens is 3. The van der Waals surface area contributed by atoms with Crippen LogP contribution in [0.2, 0.25) is 0 Å². The van der Waals surface area contributed by atoms with Gasteiger partial charge in [-0.1, -0.05) is 63.6 Å². The third-order valence-electron chi connectivity index (χ3n) is 9.89. The molecule has 1 heterocycles. The van der Waals surface area contributed by atoms with Gasteiger partial charge in [0.15, 0.2) is 6.29 Å². The smallest absolute Gasteiger partial charge is 0.400 e. The molecule has 0 bridgehead atoms. The van der Waals surface area contributed by atoms with Gasteiger partial charge in [-0.25, -0.2) is 4.39 Å². The van der Waals surface area contributed by atoms with Gasteiger partial charge >= 0.3 is 6.11 Å². The van der Waals surface area contributed by atoms with Crippen LogP contribution in [-0.2, 0) is 9.47 Å². The van der Waals surface area contributed by atoms with E-state index in [1.54, 1.807) is 24.3 Å². The molecule has 2 aromatic carbocycles. The molecule has 2 saturated carbocycles. The van der Waals surface area contributed by atoms with E-state index in [-0.39, 0.29) is 23.5 Å². The van der Waals surface area contributed by atoms with Crippen LogP contribution in [0.1, 0.15) is 89.5 Å². The van der Waals surface area contributed by atoms with Crippen molar-refractivity contribution in [1.82, 2.24) is 0 Å². The summed E-state index contributed by atoms with van der Waals surface area (Å²) in [6.07, 6.45) is 8.97. The van der Waals surface area contributed by atoms with Gasteiger partial charge in [0.1, 0.15) is 17.6 Å². The first-order valence-electron chi connectivity index (χ1n) is 16.0. The summed E-state index contributed by atoms with van der Waals surface area (Å²) in [5.41, 5.74) is 1.18. The Kier molecular flexibility index (Phi) is 10.5. The van der Waals surface area contributed by atoms with Crippen LogP contribution in [0.4, 0.5) is 13.2 Å². The molecule has 0 N–H and O–H groups in total. The van der Waals surface area contributed by atoms with E-state index in [1.807, 2.05) is 0 Å². The van der Waals surface area contributed by atoms with Crippen molar-refractivity contribution in [2.24, 2.45) is 29.6 Å². The van der Waals surface area contributed by atoms with Crippen LogP contribution >= 0.6 is 0 Å². The Morgan fingerprint density at radius 2 is 1.48 bits per heavy atom. The lowest BCUT2D eigenvalue weighted by Crippen LogP contribution is -2.43. The molecule has 3 aliphatic rings. The fourth-order valence-electron chi connectivity index (χ4n) is 7.18. The second kappa shape index (κ2) is 14.3. The van der Waals surface area contributed by atoms with E-state index >= 15 is 8.78 Å². The predicted molar refractivity (Wildman–Crippen MR) is 156 cm³/mol. The highest BCUT2D eigenvalue weighted by atomic mass is 19.3. The van der Waals surface area contributed by atoms with Crippen molar-refractivity contribution in [2.75, 3.05) is 13.2 Å². The van der Waals surface area contributed by atoms with Crippen LogP contribution in [0.25, 0.3) is 11.1 Å². The van der Waals surface area contributed by atoms with Crippen molar-refractivity contribution in [3.8, 4) is 22.9 Å². The zero-order valence-electron chi connectivity index (χ0n) is 24.7. The average molecular weight is 584 g/mol. The van der Waals surface area contributed by atoms with Gasteiger partial charge in [0.05, 0.1) is 24.7 Å². The van der Waals surface area contributed by atoms with E-state index in [1.165, 1.54) is 75.6 Å². The monoisotopic (exact) mass is 583 g/mol. The van der Waals surface area contributed by atoms with Crippen LogP contribution < -0.4 is 4.74 Å². The number of hydrogen-bond acceptors (Lipinski definition) is 4. The number of hydrogen-bond donors (Lipinski definition) is 0. The maximum absolute atomic E-state index is 15.1. The molecule has 4 nitrogen and oxygen atoms in total. The van der Waals surface area contributed by atoms with Gasteiger partial charge < -0.3 is 14.2 Å². The molecule has 2 aromatic rings. The molecule has 3 fully saturated rings. The maximum Gasteiger partial charge on any atom is 0.400 e. The summed E-state index contributed by atoms with van der Waals surface area (Å²) in [4.78, 5) is 0. The van der Waals surface area contributed by atoms with Crippen molar-refractivity contribution in [1.29, 1.82) is 5.26 Å². The molecule has 1 saturated heterocycles. The fourth-order valence-corrected chi connectivity index (χ4v) is 7.18. The van der Waals surface area contributed by atoms with Gasteiger partial charge in [0.2, 0.25) is 0 Å². The van der Waals surface area contributed by atoms with Gasteiger partial charge in [-0.2, -0.15) is 14.0 Å². The fraction of sp³-hybridized carbons (Fsp3) is 0.629. The first-order chi connectivity index (χ1) is 20.4. The number of rotatable bonds is 10. The van der Waals surface area contributed by atoms with Crippen LogP contribution in [0.5, 0.6) is 5.75 Å². The molecule has 0 atom stereocenters. The molecular formula is C35H44F3NO3. The van der Waals surface area contributed by atoms with Crippen molar-refractivity contribution < 1.29 is 27.4 Å². The number of ether oxygens (including phenoxy) is 3. The van der Waals surface area contributed by atoms with E-state index < -0.39 is 17.8 Å². The lowest BCUT2D eigenvalue weighted by atomic mass is 9.74. The first-order valence-corrected chi connectivity index (χ1v) is 16.0. The normalized spacial score (nSPS) is 28.6. The molecule has 0 radical (unpaired) electrons. The van der Waals surface area contributed by atoms with Crippen LogP contribution in [0.3, 0.4) is 0 Å². The zero-order chi connectivity index (χ0) is 29.5. The maximum atomic E-state index is 15.1. The van der Waals surface area contributed by atoms with Gasteiger partial charge in [-0.15, -0.1) is 0 Å². The summed E-state index contributed by atoms with van der Waals surface area (Å²) in [5.74, 6) is 0.747. The minimum Gasteiger partial charge on any atom is -0.432 e. The Labute approximate surface area is 248 Å². The Bertz CT molecular complexity index is 1170. The summed E-state index contributed by atoms with van der Waals surface area (Å²) in [7, 11) is 0. The molecule has 228 valence electrons. The number of nitrogens with zero attached hydrogens (tertiary/aromatic N) is 1. The predicted octanol–water partition coefficient (Wildman–Crippen LogP) is 9.52. The molecule has 2 aliphatic carbocycles. The quantitative estimate of drug-likeness (QED) is 0.261. The van der Waals surface area contributed by atoms with Crippen molar-refractivity contribution in [2.45, 2.75) is 96.4 Å². The molecule has 5 rings (SSSR count). The highest BCUT2D eigenvalue weighted by Gasteiger charge is 2.46.